The first-order valence-corrected chi connectivity index (χ1v) is 6.60. The summed E-state index contributed by atoms with van der Waals surface area (Å²) in [6.07, 6.45) is 1.76. The predicted octanol–water partition coefficient (Wildman–Crippen LogP) is 3.82. The topological polar surface area (TPSA) is 41.6 Å². The second-order valence-corrected chi connectivity index (χ2v) is 5.27. The summed E-state index contributed by atoms with van der Waals surface area (Å²) in [7, 11) is 0. The van der Waals surface area contributed by atoms with Crippen LogP contribution in [0.3, 0.4) is 0 Å². The molecule has 3 nitrogen and oxygen atoms in total. The Hall–Kier alpha value is -1.94. The first-order valence-electron chi connectivity index (χ1n) is 5.78. The summed E-state index contributed by atoms with van der Waals surface area (Å²) in [6.45, 7) is 4.12. The lowest BCUT2D eigenvalue weighted by Gasteiger charge is -1.96. The summed E-state index contributed by atoms with van der Waals surface area (Å²) in [5.41, 5.74) is 4.50. The first-order chi connectivity index (χ1) is 8.74. The van der Waals surface area contributed by atoms with E-state index in [0.29, 0.717) is 0 Å². The van der Waals surface area contributed by atoms with Gasteiger partial charge in [0.2, 0.25) is 0 Å². The molecule has 0 atom stereocenters. The van der Waals surface area contributed by atoms with Gasteiger partial charge in [-0.1, -0.05) is 29.8 Å². The molecule has 0 saturated carbocycles. The zero-order valence-corrected chi connectivity index (χ0v) is 11.1. The van der Waals surface area contributed by atoms with Crippen molar-refractivity contribution in [3.63, 3.8) is 0 Å². The second kappa shape index (κ2) is 4.38. The van der Waals surface area contributed by atoms with E-state index in [-0.39, 0.29) is 0 Å². The molecule has 2 aromatic heterocycles. The minimum absolute atomic E-state index is 1.03. The van der Waals surface area contributed by atoms with Crippen LogP contribution in [-0.2, 0) is 0 Å². The van der Waals surface area contributed by atoms with Crippen LogP contribution in [0, 0.1) is 13.8 Å². The van der Waals surface area contributed by atoms with Gasteiger partial charge in [-0.15, -0.1) is 11.3 Å². The molecule has 0 saturated heterocycles. The standard InChI is InChI=1S/C14H13N3S/c1-9-3-5-11(6-4-9)14-16-10(2)13(18-14)12-7-8-15-17-12/h3-8H,1-2H3,(H,15,17). The van der Waals surface area contributed by atoms with Gasteiger partial charge in [-0.25, -0.2) is 4.98 Å². The molecule has 0 aliphatic rings. The zero-order chi connectivity index (χ0) is 12.5. The maximum atomic E-state index is 4.64. The minimum atomic E-state index is 1.03. The summed E-state index contributed by atoms with van der Waals surface area (Å²) in [5.74, 6) is 0. The third-order valence-corrected chi connectivity index (χ3v) is 4.08. The molecular weight excluding hydrogens is 242 g/mol. The predicted molar refractivity (Wildman–Crippen MR) is 74.6 cm³/mol. The van der Waals surface area contributed by atoms with E-state index >= 15 is 0 Å². The highest BCUT2D eigenvalue weighted by atomic mass is 32.1. The number of nitrogens with one attached hydrogen (secondary N) is 1. The molecule has 0 fully saturated rings. The molecule has 0 radical (unpaired) electrons. The normalized spacial score (nSPS) is 10.8. The Morgan fingerprint density at radius 1 is 1.06 bits per heavy atom. The van der Waals surface area contributed by atoms with Crippen LogP contribution in [-0.4, -0.2) is 15.2 Å². The van der Waals surface area contributed by atoms with Gasteiger partial charge in [0.1, 0.15) is 5.01 Å². The Bertz CT molecular complexity index is 651. The van der Waals surface area contributed by atoms with Gasteiger partial charge < -0.3 is 0 Å². The fraction of sp³-hybridized carbons (Fsp3) is 0.143. The van der Waals surface area contributed by atoms with E-state index in [2.05, 4.69) is 46.4 Å². The van der Waals surface area contributed by atoms with Crippen LogP contribution in [0.4, 0.5) is 0 Å². The first kappa shape index (κ1) is 11.2. The number of thiazole rings is 1. The molecule has 0 amide bonds. The summed E-state index contributed by atoms with van der Waals surface area (Å²) < 4.78 is 0. The zero-order valence-electron chi connectivity index (χ0n) is 10.3. The molecule has 4 heteroatoms. The number of hydrogen-bond acceptors (Lipinski definition) is 3. The van der Waals surface area contributed by atoms with E-state index < -0.39 is 0 Å². The summed E-state index contributed by atoms with van der Waals surface area (Å²) in [4.78, 5) is 5.79. The van der Waals surface area contributed by atoms with Crippen LogP contribution in [0.5, 0.6) is 0 Å². The lowest BCUT2D eigenvalue weighted by molar-refractivity contribution is 1.09. The molecule has 1 N–H and O–H groups in total. The lowest BCUT2D eigenvalue weighted by atomic mass is 10.2. The highest BCUT2D eigenvalue weighted by molar-refractivity contribution is 7.18. The number of aromatic amines is 1. The van der Waals surface area contributed by atoms with Gasteiger partial charge in [-0.2, -0.15) is 5.10 Å². The maximum absolute atomic E-state index is 4.64. The summed E-state index contributed by atoms with van der Waals surface area (Å²) in [5, 5.41) is 8.03. The Morgan fingerprint density at radius 3 is 2.50 bits per heavy atom. The Balaban J connectivity index is 2.05. The summed E-state index contributed by atoms with van der Waals surface area (Å²) >= 11 is 1.69. The molecule has 3 rings (SSSR count). The van der Waals surface area contributed by atoms with Crippen LogP contribution in [0.1, 0.15) is 11.3 Å². The van der Waals surface area contributed by atoms with Crippen molar-refractivity contribution in [1.29, 1.82) is 0 Å². The van der Waals surface area contributed by atoms with Crippen molar-refractivity contribution in [1.82, 2.24) is 15.2 Å². The number of hydrogen-bond donors (Lipinski definition) is 1. The van der Waals surface area contributed by atoms with Gasteiger partial charge in [0, 0.05) is 11.8 Å². The number of H-pyrrole nitrogens is 1. The third kappa shape index (κ3) is 1.95. The van der Waals surface area contributed by atoms with Crippen LogP contribution in [0.2, 0.25) is 0 Å². The Morgan fingerprint density at radius 2 is 1.83 bits per heavy atom. The van der Waals surface area contributed by atoms with E-state index in [4.69, 9.17) is 0 Å². The number of aryl methyl sites for hydroxylation is 2. The van der Waals surface area contributed by atoms with Crippen LogP contribution in [0.15, 0.2) is 36.5 Å². The molecule has 3 aromatic rings. The monoisotopic (exact) mass is 255 g/mol. The van der Waals surface area contributed by atoms with E-state index in [1.165, 1.54) is 11.1 Å². The van der Waals surface area contributed by atoms with Crippen LogP contribution < -0.4 is 0 Å². The molecule has 0 aliphatic carbocycles. The van der Waals surface area contributed by atoms with Crippen molar-refractivity contribution in [3.05, 3.63) is 47.8 Å². The molecule has 1 aromatic carbocycles. The van der Waals surface area contributed by atoms with Gasteiger partial charge in [-0.3, -0.25) is 5.10 Å². The Labute approximate surface area is 110 Å². The lowest BCUT2D eigenvalue weighted by Crippen LogP contribution is -1.79. The van der Waals surface area contributed by atoms with Crippen molar-refractivity contribution < 1.29 is 0 Å². The molecule has 0 aliphatic heterocycles. The average molecular weight is 255 g/mol. The van der Waals surface area contributed by atoms with E-state index in [1.54, 1.807) is 17.5 Å². The van der Waals surface area contributed by atoms with Gasteiger partial charge in [-0.05, 0) is 19.9 Å². The molecule has 2 heterocycles. The van der Waals surface area contributed by atoms with Crippen molar-refractivity contribution in [2.45, 2.75) is 13.8 Å². The third-order valence-electron chi connectivity index (χ3n) is 2.84. The number of rotatable bonds is 2. The number of nitrogens with zero attached hydrogens (tertiary/aromatic N) is 2. The smallest absolute Gasteiger partial charge is 0.124 e. The Kier molecular flexibility index (Phi) is 2.72. The highest BCUT2D eigenvalue weighted by Gasteiger charge is 2.11. The molecule has 18 heavy (non-hydrogen) atoms. The number of aromatic nitrogens is 3. The van der Waals surface area contributed by atoms with Crippen molar-refractivity contribution in [2.75, 3.05) is 0 Å². The SMILES string of the molecule is Cc1ccc(-c2nc(C)c(-c3ccn[nH]3)s2)cc1. The average Bonchev–Trinajstić information content (AvgIpc) is 2.99. The highest BCUT2D eigenvalue weighted by Crippen LogP contribution is 2.33. The second-order valence-electron chi connectivity index (χ2n) is 4.27. The maximum Gasteiger partial charge on any atom is 0.124 e. The van der Waals surface area contributed by atoms with E-state index in [0.717, 1.165) is 21.3 Å². The molecule has 0 spiro atoms. The largest absolute Gasteiger partial charge is 0.277 e. The van der Waals surface area contributed by atoms with Crippen molar-refractivity contribution >= 4 is 11.3 Å². The van der Waals surface area contributed by atoms with E-state index in [9.17, 15) is 0 Å². The molecule has 0 bridgehead atoms. The van der Waals surface area contributed by atoms with Gasteiger partial charge >= 0.3 is 0 Å². The van der Waals surface area contributed by atoms with Crippen LogP contribution in [0.25, 0.3) is 21.1 Å². The van der Waals surface area contributed by atoms with E-state index in [1.807, 2.05) is 13.0 Å². The minimum Gasteiger partial charge on any atom is -0.277 e. The number of benzene rings is 1. The molecule has 90 valence electrons. The molecule has 0 unspecified atom stereocenters. The van der Waals surface area contributed by atoms with Gasteiger partial charge in [0.05, 0.1) is 16.3 Å². The van der Waals surface area contributed by atoms with Gasteiger partial charge in [0.15, 0.2) is 0 Å². The summed E-state index contributed by atoms with van der Waals surface area (Å²) in [6, 6.07) is 10.4. The fourth-order valence-electron chi connectivity index (χ4n) is 1.85. The van der Waals surface area contributed by atoms with Crippen molar-refractivity contribution in [3.8, 4) is 21.1 Å². The quantitative estimate of drug-likeness (QED) is 0.756. The van der Waals surface area contributed by atoms with Gasteiger partial charge in [0.25, 0.3) is 0 Å². The fourth-order valence-corrected chi connectivity index (χ4v) is 2.90. The van der Waals surface area contributed by atoms with Crippen molar-refractivity contribution in [2.24, 2.45) is 0 Å². The van der Waals surface area contributed by atoms with Crippen LogP contribution >= 0.6 is 11.3 Å². The molecular formula is C14H13N3S.